The van der Waals surface area contributed by atoms with Crippen LogP contribution in [0.2, 0.25) is 0 Å². The van der Waals surface area contributed by atoms with Crippen molar-refractivity contribution in [2.75, 3.05) is 4.90 Å². The number of nitrogens with zero attached hydrogens (tertiary/aromatic N) is 1. The summed E-state index contributed by atoms with van der Waals surface area (Å²) in [4.78, 5) is 2.40. The van der Waals surface area contributed by atoms with Crippen LogP contribution in [-0.4, -0.2) is 0 Å². The van der Waals surface area contributed by atoms with E-state index in [9.17, 15) is 0 Å². The van der Waals surface area contributed by atoms with Gasteiger partial charge in [0.25, 0.3) is 0 Å². The molecular weight excluding hydrogens is 599 g/mol. The van der Waals surface area contributed by atoms with E-state index in [1.807, 2.05) is 11.3 Å². The molecule has 0 fully saturated rings. The molecule has 0 aliphatic rings. The topological polar surface area (TPSA) is 3.24 Å². The fraction of sp³-hybridized carbons (Fsp3) is 0. The molecule has 0 saturated heterocycles. The van der Waals surface area contributed by atoms with Gasteiger partial charge in [-0.25, -0.2) is 0 Å². The maximum absolute atomic E-state index is 2.40. The zero-order valence-electron chi connectivity index (χ0n) is 26.1. The van der Waals surface area contributed by atoms with Gasteiger partial charge in [0.05, 0.1) is 5.69 Å². The molecule has 0 aliphatic carbocycles. The van der Waals surface area contributed by atoms with Crippen molar-refractivity contribution in [2.24, 2.45) is 0 Å². The molecule has 0 radical (unpaired) electrons. The summed E-state index contributed by atoms with van der Waals surface area (Å²) in [5, 5.41) is 12.9. The Hall–Kier alpha value is -5.96. The number of hydrogen-bond acceptors (Lipinski definition) is 2. The number of thiophene rings is 1. The lowest BCUT2D eigenvalue weighted by atomic mass is 9.90. The van der Waals surface area contributed by atoms with Crippen LogP contribution in [0.15, 0.2) is 176 Å². The second kappa shape index (κ2) is 10.8. The van der Waals surface area contributed by atoms with E-state index in [1.54, 1.807) is 0 Å². The van der Waals surface area contributed by atoms with Gasteiger partial charge in [-0.2, -0.15) is 0 Å². The number of anilines is 3. The highest BCUT2D eigenvalue weighted by molar-refractivity contribution is 7.26. The normalized spacial score (nSPS) is 11.8. The van der Waals surface area contributed by atoms with E-state index in [4.69, 9.17) is 0 Å². The average molecular weight is 628 g/mol. The summed E-state index contributed by atoms with van der Waals surface area (Å²) in [5.74, 6) is 0. The third kappa shape index (κ3) is 4.17. The quantitative estimate of drug-likeness (QED) is 0.176. The zero-order valence-corrected chi connectivity index (χ0v) is 26.9. The summed E-state index contributed by atoms with van der Waals surface area (Å²) >= 11 is 1.89. The van der Waals surface area contributed by atoms with E-state index in [2.05, 4.69) is 181 Å². The molecule has 10 rings (SSSR count). The van der Waals surface area contributed by atoms with Crippen molar-refractivity contribution in [1.82, 2.24) is 0 Å². The second-order valence-electron chi connectivity index (χ2n) is 12.5. The molecule has 48 heavy (non-hydrogen) atoms. The fourth-order valence-electron chi connectivity index (χ4n) is 7.62. The van der Waals surface area contributed by atoms with Gasteiger partial charge in [0.15, 0.2) is 0 Å². The molecule has 9 aromatic carbocycles. The number of hydrogen-bond donors (Lipinski definition) is 0. The summed E-state index contributed by atoms with van der Waals surface area (Å²) in [6.45, 7) is 0. The van der Waals surface area contributed by atoms with Gasteiger partial charge in [-0.3, -0.25) is 0 Å². The van der Waals surface area contributed by atoms with Crippen LogP contribution in [0.5, 0.6) is 0 Å². The minimum absolute atomic E-state index is 1.13. The van der Waals surface area contributed by atoms with Crippen LogP contribution in [0.25, 0.3) is 74.4 Å². The Morgan fingerprint density at radius 2 is 1.00 bits per heavy atom. The fourth-order valence-corrected chi connectivity index (χ4v) is 8.85. The van der Waals surface area contributed by atoms with Crippen molar-refractivity contribution in [1.29, 1.82) is 0 Å². The van der Waals surface area contributed by atoms with E-state index < -0.39 is 0 Å². The van der Waals surface area contributed by atoms with Crippen molar-refractivity contribution in [3.05, 3.63) is 176 Å². The number of para-hydroxylation sites is 1. The molecule has 0 N–H and O–H groups in total. The highest BCUT2D eigenvalue weighted by Crippen LogP contribution is 2.45. The first-order valence-electron chi connectivity index (χ1n) is 16.4. The van der Waals surface area contributed by atoms with Gasteiger partial charge in [0.1, 0.15) is 0 Å². The number of fused-ring (bicyclic) bond motifs is 10. The molecule has 224 valence electrons. The molecule has 0 aliphatic heterocycles. The molecule has 1 aromatic heterocycles. The van der Waals surface area contributed by atoms with Crippen molar-refractivity contribution in [3.63, 3.8) is 0 Å². The maximum Gasteiger partial charge on any atom is 0.0540 e. The van der Waals surface area contributed by atoms with Crippen LogP contribution in [0, 0.1) is 0 Å². The molecule has 1 nitrogen and oxygen atoms in total. The molecule has 0 atom stereocenters. The average Bonchev–Trinajstić information content (AvgIpc) is 3.55. The third-order valence-electron chi connectivity index (χ3n) is 9.82. The van der Waals surface area contributed by atoms with Crippen LogP contribution in [0.1, 0.15) is 0 Å². The van der Waals surface area contributed by atoms with Crippen LogP contribution in [0.4, 0.5) is 17.1 Å². The lowest BCUT2D eigenvalue weighted by Gasteiger charge is -2.27. The molecule has 1 heterocycles. The summed E-state index contributed by atoms with van der Waals surface area (Å²) < 4.78 is 2.67. The maximum atomic E-state index is 2.40. The molecule has 0 amide bonds. The first-order valence-corrected chi connectivity index (χ1v) is 17.3. The minimum atomic E-state index is 1.13. The number of benzene rings is 9. The molecular formula is C46H29NS. The third-order valence-corrected chi connectivity index (χ3v) is 11.0. The monoisotopic (exact) mass is 627 g/mol. The Bertz CT molecular complexity index is 2830. The van der Waals surface area contributed by atoms with Crippen LogP contribution >= 0.6 is 11.3 Å². The minimum Gasteiger partial charge on any atom is -0.310 e. The zero-order chi connectivity index (χ0) is 31.6. The van der Waals surface area contributed by atoms with Gasteiger partial charge in [0, 0.05) is 42.3 Å². The van der Waals surface area contributed by atoms with E-state index in [-0.39, 0.29) is 0 Å². The Labute approximate surface area is 282 Å². The Morgan fingerprint density at radius 3 is 1.85 bits per heavy atom. The van der Waals surface area contributed by atoms with E-state index in [0.717, 1.165) is 11.4 Å². The summed E-state index contributed by atoms with van der Waals surface area (Å²) in [6, 6.07) is 64.4. The van der Waals surface area contributed by atoms with E-state index in [1.165, 1.54) is 80.1 Å². The smallest absolute Gasteiger partial charge is 0.0540 e. The Balaban J connectivity index is 1.18. The number of rotatable bonds is 4. The van der Waals surface area contributed by atoms with Crippen LogP contribution < -0.4 is 4.90 Å². The molecule has 2 heteroatoms. The molecule has 0 unspecified atom stereocenters. The lowest BCUT2D eigenvalue weighted by molar-refractivity contribution is 1.30. The Morgan fingerprint density at radius 1 is 0.375 bits per heavy atom. The van der Waals surface area contributed by atoms with Crippen molar-refractivity contribution in [2.45, 2.75) is 0 Å². The van der Waals surface area contributed by atoms with Crippen LogP contribution in [0.3, 0.4) is 0 Å². The predicted octanol–water partition coefficient (Wildman–Crippen LogP) is 13.8. The van der Waals surface area contributed by atoms with Gasteiger partial charge in [-0.15, -0.1) is 11.3 Å². The van der Waals surface area contributed by atoms with Crippen molar-refractivity contribution < 1.29 is 0 Å². The standard InChI is InChI=1S/C46H29NS/c1-2-13-33(14-3-1)47(43-19-10-18-40-37(43)27-28-41-38-17-8-9-20-44(38)48-46(40)41)34-24-21-31(22-25-34)42-29-32-12-5-6-15-35(32)39-26-23-30-11-4-7-16-36(30)45(39)42/h1-29H. The molecule has 0 saturated carbocycles. The Kier molecular flexibility index (Phi) is 6.12. The van der Waals surface area contributed by atoms with Gasteiger partial charge >= 0.3 is 0 Å². The highest BCUT2D eigenvalue weighted by Gasteiger charge is 2.18. The van der Waals surface area contributed by atoms with Crippen molar-refractivity contribution in [3.8, 4) is 11.1 Å². The van der Waals surface area contributed by atoms with Gasteiger partial charge < -0.3 is 4.90 Å². The first kappa shape index (κ1) is 27.2. The van der Waals surface area contributed by atoms with Crippen molar-refractivity contribution >= 4 is 91.7 Å². The second-order valence-corrected chi connectivity index (χ2v) is 13.5. The SMILES string of the molecule is c1ccc(N(c2ccc(-c3cc4ccccc4c4ccc5ccccc5c34)cc2)c2cccc3c2ccc2c4ccccc4sc32)cc1. The molecule has 10 aromatic rings. The first-order chi connectivity index (χ1) is 23.8. The molecule has 0 spiro atoms. The predicted molar refractivity (Wildman–Crippen MR) is 209 cm³/mol. The van der Waals surface area contributed by atoms with Gasteiger partial charge in [-0.05, 0) is 85.9 Å². The highest BCUT2D eigenvalue weighted by atomic mass is 32.1. The van der Waals surface area contributed by atoms with E-state index >= 15 is 0 Å². The largest absolute Gasteiger partial charge is 0.310 e. The van der Waals surface area contributed by atoms with Gasteiger partial charge in [-0.1, -0.05) is 133 Å². The van der Waals surface area contributed by atoms with E-state index in [0.29, 0.717) is 0 Å². The van der Waals surface area contributed by atoms with Gasteiger partial charge in [0.2, 0.25) is 0 Å². The summed E-state index contributed by atoms with van der Waals surface area (Å²) in [7, 11) is 0. The lowest BCUT2D eigenvalue weighted by Crippen LogP contribution is -2.10. The van der Waals surface area contributed by atoms with Crippen LogP contribution in [-0.2, 0) is 0 Å². The summed E-state index contributed by atoms with van der Waals surface area (Å²) in [6.07, 6.45) is 0. The molecule has 0 bridgehead atoms. The summed E-state index contributed by atoms with van der Waals surface area (Å²) in [5.41, 5.74) is 5.91.